The Bertz CT molecular complexity index is 1600. The van der Waals surface area contributed by atoms with E-state index in [1.54, 1.807) is 48.5 Å². The summed E-state index contributed by atoms with van der Waals surface area (Å²) in [7, 11) is 1.22. The first-order chi connectivity index (χ1) is 21.0. The number of aromatic nitrogens is 1. The number of nitrogens with one attached hydrogen (secondary N) is 1. The zero-order chi connectivity index (χ0) is 32.0. The van der Waals surface area contributed by atoms with E-state index in [4.69, 9.17) is 11.6 Å². The van der Waals surface area contributed by atoms with Gasteiger partial charge in [0.2, 0.25) is 0 Å². The zero-order valence-electron chi connectivity index (χ0n) is 24.7. The van der Waals surface area contributed by atoms with Gasteiger partial charge in [0.25, 0.3) is 5.91 Å². The van der Waals surface area contributed by atoms with E-state index in [0.29, 0.717) is 44.4 Å². The molecule has 0 fully saturated rings. The fourth-order valence-electron chi connectivity index (χ4n) is 5.35. The predicted molar refractivity (Wildman–Crippen MR) is 167 cm³/mol. The van der Waals surface area contributed by atoms with Gasteiger partial charge in [-0.25, -0.2) is 8.78 Å². The van der Waals surface area contributed by atoms with Crippen molar-refractivity contribution in [1.82, 2.24) is 4.57 Å². The normalized spacial score (nSPS) is 12.7. The minimum atomic E-state index is -1.10. The lowest BCUT2D eigenvalue weighted by Gasteiger charge is -2.20. The van der Waals surface area contributed by atoms with Crippen molar-refractivity contribution in [3.05, 3.63) is 101 Å². The van der Waals surface area contributed by atoms with Gasteiger partial charge in [-0.3, -0.25) is 9.59 Å². The van der Waals surface area contributed by atoms with Crippen LogP contribution in [-0.2, 0) is 16.0 Å². The highest BCUT2D eigenvalue weighted by Crippen LogP contribution is 2.43. The minimum absolute atomic E-state index is 0.0592. The molecule has 0 unspecified atom stereocenters. The van der Waals surface area contributed by atoms with Crippen LogP contribution in [0.1, 0.15) is 55.3 Å². The number of benzene rings is 3. The van der Waals surface area contributed by atoms with Crippen molar-refractivity contribution in [1.29, 1.82) is 0 Å². The molecule has 10 heteroatoms. The number of hydrogen-bond acceptors (Lipinski definition) is 5. The number of carbonyl (C=O) groups is 2. The Kier molecular flexibility index (Phi) is 10.9. The van der Waals surface area contributed by atoms with E-state index in [1.165, 1.54) is 31.4 Å². The number of amides is 1. The molecular weight excluding hydrogens is 590 g/mol. The maximum Gasteiger partial charge on any atom is 0.308 e. The Balaban J connectivity index is 1.89. The van der Waals surface area contributed by atoms with Crippen LogP contribution in [0.3, 0.4) is 0 Å². The molecular formula is C34H35ClF2N2O5. The van der Waals surface area contributed by atoms with Gasteiger partial charge in [0.15, 0.2) is 0 Å². The molecule has 3 N–H and O–H groups in total. The Labute approximate surface area is 260 Å². The minimum Gasteiger partial charge on any atom is -0.469 e. The standard InChI is InChI=1S/C34H35ClF2N2O5/c1-20(2)39-29(16-15-27(40)18-28(41)19-30(42)44-3)31(21-7-11-24(36)12-8-21)32(22-9-13-25(37)14-10-22)33(39)34(43)38-26-6-4-5-23(35)17-26/h4-14,17,20,27-28,40-41H,15-16,18-19H2,1-3H3,(H,38,43)/t27-,28-/m1/s1. The van der Waals surface area contributed by atoms with Crippen molar-refractivity contribution in [2.24, 2.45) is 0 Å². The van der Waals surface area contributed by atoms with Crippen LogP contribution in [0.25, 0.3) is 22.3 Å². The number of aliphatic hydroxyl groups is 2. The Hall–Kier alpha value is -4.05. The van der Waals surface area contributed by atoms with Crippen LogP contribution in [-0.4, -0.2) is 46.0 Å². The summed E-state index contributed by atoms with van der Waals surface area (Å²) < 4.78 is 34.6. The van der Waals surface area contributed by atoms with Crippen LogP contribution in [0.15, 0.2) is 72.8 Å². The number of rotatable bonds is 12. The second-order valence-corrected chi connectivity index (χ2v) is 11.3. The molecule has 4 aromatic rings. The van der Waals surface area contributed by atoms with Gasteiger partial charge in [-0.2, -0.15) is 0 Å². The molecule has 1 amide bonds. The van der Waals surface area contributed by atoms with Crippen LogP contribution in [0.4, 0.5) is 14.5 Å². The number of ether oxygens (including phenoxy) is 1. The van der Waals surface area contributed by atoms with E-state index in [-0.39, 0.29) is 31.7 Å². The number of hydrogen-bond donors (Lipinski definition) is 3. The maximum atomic E-state index is 14.1. The SMILES string of the molecule is COC(=O)C[C@H](O)C[C@H](O)CCc1c(-c2ccc(F)cc2)c(-c2ccc(F)cc2)c(C(=O)Nc2cccc(Cl)c2)n1C(C)C. The van der Waals surface area contributed by atoms with Gasteiger partial charge >= 0.3 is 5.97 Å². The quantitative estimate of drug-likeness (QED) is 0.145. The summed E-state index contributed by atoms with van der Waals surface area (Å²) in [6.07, 6.45) is -1.95. The summed E-state index contributed by atoms with van der Waals surface area (Å²) in [6.45, 7) is 3.83. The van der Waals surface area contributed by atoms with Crippen molar-refractivity contribution in [2.75, 3.05) is 12.4 Å². The molecule has 0 aliphatic carbocycles. The molecule has 0 radical (unpaired) electrons. The third-order valence-electron chi connectivity index (χ3n) is 7.28. The number of carbonyl (C=O) groups excluding carboxylic acids is 2. The first-order valence-corrected chi connectivity index (χ1v) is 14.6. The second kappa shape index (κ2) is 14.6. The third kappa shape index (κ3) is 7.91. The number of esters is 1. The number of methoxy groups -OCH3 is 1. The monoisotopic (exact) mass is 624 g/mol. The summed E-state index contributed by atoms with van der Waals surface area (Å²) in [5, 5.41) is 24.5. The zero-order valence-corrected chi connectivity index (χ0v) is 25.4. The molecule has 0 spiro atoms. The first kappa shape index (κ1) is 32.9. The van der Waals surface area contributed by atoms with Crippen LogP contribution >= 0.6 is 11.6 Å². The van der Waals surface area contributed by atoms with E-state index in [9.17, 15) is 28.6 Å². The molecule has 2 atom stereocenters. The van der Waals surface area contributed by atoms with Gasteiger partial charge in [0.05, 0.1) is 25.7 Å². The molecule has 0 aliphatic rings. The van der Waals surface area contributed by atoms with Gasteiger partial charge in [-0.1, -0.05) is 41.9 Å². The summed E-state index contributed by atoms with van der Waals surface area (Å²) in [5.41, 5.74) is 3.78. The lowest BCUT2D eigenvalue weighted by atomic mass is 9.92. The molecule has 3 aromatic carbocycles. The van der Waals surface area contributed by atoms with Crippen LogP contribution in [0.5, 0.6) is 0 Å². The Morgan fingerprint density at radius 3 is 2.05 bits per heavy atom. The lowest BCUT2D eigenvalue weighted by Crippen LogP contribution is -2.23. The number of nitrogens with zero attached hydrogens (tertiary/aromatic N) is 1. The van der Waals surface area contributed by atoms with Crippen LogP contribution in [0.2, 0.25) is 5.02 Å². The van der Waals surface area contributed by atoms with Gasteiger partial charge < -0.3 is 24.8 Å². The number of anilines is 1. The summed E-state index contributed by atoms with van der Waals surface area (Å²) >= 11 is 6.17. The van der Waals surface area contributed by atoms with E-state index in [0.717, 1.165) is 0 Å². The van der Waals surface area contributed by atoms with Crippen molar-refractivity contribution in [2.45, 2.75) is 57.8 Å². The fourth-order valence-corrected chi connectivity index (χ4v) is 5.54. The summed E-state index contributed by atoms with van der Waals surface area (Å²) in [4.78, 5) is 25.7. The van der Waals surface area contributed by atoms with Crippen molar-refractivity contribution >= 4 is 29.2 Å². The summed E-state index contributed by atoms with van der Waals surface area (Å²) in [5.74, 6) is -1.91. The molecule has 1 aromatic heterocycles. The van der Waals surface area contributed by atoms with E-state index in [1.807, 2.05) is 18.4 Å². The molecule has 1 heterocycles. The molecule has 4 rings (SSSR count). The Morgan fingerprint density at radius 1 is 0.909 bits per heavy atom. The molecule has 0 saturated carbocycles. The maximum absolute atomic E-state index is 14.1. The highest BCUT2D eigenvalue weighted by Gasteiger charge is 2.31. The lowest BCUT2D eigenvalue weighted by molar-refractivity contribution is -0.143. The fraction of sp³-hybridized carbons (Fsp3) is 0.294. The molecule has 0 saturated heterocycles. The van der Waals surface area contributed by atoms with E-state index >= 15 is 0 Å². The molecule has 232 valence electrons. The number of aliphatic hydroxyl groups excluding tert-OH is 2. The van der Waals surface area contributed by atoms with Crippen LogP contribution < -0.4 is 5.32 Å². The molecule has 44 heavy (non-hydrogen) atoms. The predicted octanol–water partition coefficient (Wildman–Crippen LogP) is 7.19. The topological polar surface area (TPSA) is 101 Å². The van der Waals surface area contributed by atoms with Crippen molar-refractivity contribution in [3.8, 4) is 22.3 Å². The largest absolute Gasteiger partial charge is 0.469 e. The van der Waals surface area contributed by atoms with Crippen LogP contribution in [0, 0.1) is 11.6 Å². The Morgan fingerprint density at radius 2 is 1.50 bits per heavy atom. The first-order valence-electron chi connectivity index (χ1n) is 14.3. The molecule has 0 aliphatic heterocycles. The second-order valence-electron chi connectivity index (χ2n) is 10.8. The third-order valence-corrected chi connectivity index (χ3v) is 7.51. The molecule has 0 bridgehead atoms. The van der Waals surface area contributed by atoms with E-state index < -0.39 is 35.7 Å². The van der Waals surface area contributed by atoms with E-state index in [2.05, 4.69) is 10.1 Å². The average molecular weight is 625 g/mol. The average Bonchev–Trinajstić information content (AvgIpc) is 3.32. The highest BCUT2D eigenvalue weighted by molar-refractivity contribution is 6.31. The smallest absolute Gasteiger partial charge is 0.308 e. The highest BCUT2D eigenvalue weighted by atomic mass is 35.5. The number of halogens is 3. The summed E-state index contributed by atoms with van der Waals surface area (Å²) in [6, 6.07) is 18.1. The van der Waals surface area contributed by atoms with Crippen molar-refractivity contribution < 1.29 is 33.3 Å². The van der Waals surface area contributed by atoms with Gasteiger partial charge in [0, 0.05) is 33.6 Å². The molecule has 7 nitrogen and oxygen atoms in total. The van der Waals surface area contributed by atoms with Gasteiger partial charge in [-0.15, -0.1) is 0 Å². The van der Waals surface area contributed by atoms with Crippen molar-refractivity contribution in [3.63, 3.8) is 0 Å². The van der Waals surface area contributed by atoms with Gasteiger partial charge in [-0.05, 0) is 86.7 Å². The van der Waals surface area contributed by atoms with Gasteiger partial charge in [0.1, 0.15) is 17.3 Å².